The molecule has 25 heavy (non-hydrogen) atoms. The molecule has 0 bridgehead atoms. The molecule has 2 aliphatic heterocycles. The van der Waals surface area contributed by atoms with Gasteiger partial charge in [0.2, 0.25) is 5.69 Å². The molecule has 1 aromatic carbocycles. The lowest BCUT2D eigenvalue weighted by molar-refractivity contribution is 0.591. The molecule has 122 valence electrons. The molecule has 3 aromatic rings. The number of anilines is 1. The van der Waals surface area contributed by atoms with Crippen molar-refractivity contribution in [1.29, 1.82) is 0 Å². The van der Waals surface area contributed by atoms with Crippen LogP contribution in [0.2, 0.25) is 0 Å². The number of benzene rings is 1. The third kappa shape index (κ3) is 2.10. The number of fused-ring (bicyclic) bond motifs is 2. The number of H-pyrrole nitrogens is 1. The molecule has 2 aliphatic rings. The fourth-order valence-corrected chi connectivity index (χ4v) is 2.94. The summed E-state index contributed by atoms with van der Waals surface area (Å²) in [5, 5.41) is 20.3. The molecule has 9 heteroatoms. The van der Waals surface area contributed by atoms with Gasteiger partial charge in [-0.2, -0.15) is 15.2 Å². The highest BCUT2D eigenvalue weighted by Gasteiger charge is 2.43. The second kappa shape index (κ2) is 4.95. The average Bonchev–Trinajstić information content (AvgIpc) is 3.32. The van der Waals surface area contributed by atoms with Crippen LogP contribution in [-0.2, 0) is 7.05 Å². The Hall–Kier alpha value is -3.59. The highest BCUT2D eigenvalue weighted by Crippen LogP contribution is 2.30. The maximum absolute atomic E-state index is 4.77. The van der Waals surface area contributed by atoms with Gasteiger partial charge < -0.3 is 5.32 Å². The first-order valence-corrected chi connectivity index (χ1v) is 7.71. The molecular weight excluding hydrogens is 318 g/mol. The lowest BCUT2D eigenvalue weighted by atomic mass is 10.2. The zero-order valence-corrected chi connectivity index (χ0v) is 13.3. The van der Waals surface area contributed by atoms with E-state index < -0.39 is 0 Å². The van der Waals surface area contributed by atoms with Crippen LogP contribution in [0.25, 0.3) is 10.9 Å². The van der Waals surface area contributed by atoms with Crippen LogP contribution in [0.15, 0.2) is 64.3 Å². The van der Waals surface area contributed by atoms with Crippen molar-refractivity contribution in [2.75, 3.05) is 5.32 Å². The first-order chi connectivity index (χ1) is 12.2. The largest absolute Gasteiger partial charge is 0.320 e. The summed E-state index contributed by atoms with van der Waals surface area (Å²) in [5.41, 5.74) is 2.72. The molecule has 1 atom stereocenters. The molecule has 0 spiro atoms. The molecule has 0 saturated carbocycles. The molecule has 9 nitrogen and oxygen atoms in total. The first kappa shape index (κ1) is 13.8. The van der Waals surface area contributed by atoms with Gasteiger partial charge in [0.15, 0.2) is 6.20 Å². The van der Waals surface area contributed by atoms with E-state index in [2.05, 4.69) is 30.6 Å². The molecule has 5 rings (SSSR count). The van der Waals surface area contributed by atoms with E-state index in [-0.39, 0.29) is 4.59 Å². The van der Waals surface area contributed by atoms with Gasteiger partial charge in [-0.25, -0.2) is 0 Å². The van der Waals surface area contributed by atoms with Gasteiger partial charge in [-0.3, -0.25) is 14.8 Å². The predicted octanol–water partition coefficient (Wildman–Crippen LogP) is 1.95. The van der Waals surface area contributed by atoms with Crippen LogP contribution in [0.1, 0.15) is 0 Å². The van der Waals surface area contributed by atoms with Crippen LogP contribution >= 0.6 is 0 Å². The zero-order valence-electron chi connectivity index (χ0n) is 13.3. The molecule has 1 unspecified atom stereocenters. The Bertz CT molecular complexity index is 1100. The summed E-state index contributed by atoms with van der Waals surface area (Å²) in [6.07, 6.45) is 10.8. The predicted molar refractivity (Wildman–Crippen MR) is 97.2 cm³/mol. The van der Waals surface area contributed by atoms with E-state index in [1.165, 1.54) is 0 Å². The fourth-order valence-electron chi connectivity index (χ4n) is 2.94. The second-order valence-electron chi connectivity index (χ2n) is 5.82. The number of nitrogens with one attached hydrogen (secondary N) is 2. The van der Waals surface area contributed by atoms with Gasteiger partial charge in [0.25, 0.3) is 11.8 Å². The van der Waals surface area contributed by atoms with Crippen molar-refractivity contribution in [3.05, 3.63) is 49.2 Å². The van der Waals surface area contributed by atoms with Crippen LogP contribution in [0.3, 0.4) is 0 Å². The number of nitrogens with zero attached hydrogens (tertiary/aromatic N) is 7. The topological polar surface area (TPSA) is 95.6 Å². The third-order valence-electron chi connectivity index (χ3n) is 4.16. The number of rotatable bonds is 2. The summed E-state index contributed by atoms with van der Waals surface area (Å²) in [4.78, 5) is 8.77. The lowest BCUT2D eigenvalue weighted by Gasteiger charge is -2.21. The standard InChI is InChI=1S/C16H14N9/c1-24-10-13(8-19-24)25-5-4-17-9-15(25)21-16(23-25)20-12-3-2-11-7-18-22-14(11)6-12/h2-10H,1H3,(H,18,22)(H,20,23)/q+1. The van der Waals surface area contributed by atoms with Gasteiger partial charge in [0.1, 0.15) is 12.4 Å². The average molecular weight is 332 g/mol. The SMILES string of the molecule is Cn1cc([N+]23C=CN=CC2=NC(Nc2ccc4cn[nH]c4c2)=N3)cn1. The minimum Gasteiger partial charge on any atom is -0.320 e. The quantitative estimate of drug-likeness (QED) is 0.702. The number of aromatic amines is 1. The van der Waals surface area contributed by atoms with Gasteiger partial charge in [0.05, 0.1) is 24.1 Å². The van der Waals surface area contributed by atoms with E-state index in [0.29, 0.717) is 11.8 Å². The Morgan fingerprint density at radius 3 is 3.08 bits per heavy atom. The maximum Gasteiger partial charge on any atom is 0.287 e. The molecule has 2 N–H and O–H groups in total. The number of amidine groups is 1. The Balaban J connectivity index is 1.55. The molecule has 0 aliphatic carbocycles. The highest BCUT2D eigenvalue weighted by atomic mass is 15.7. The number of hydrogen-bond acceptors (Lipinski definition) is 6. The summed E-state index contributed by atoms with van der Waals surface area (Å²) in [6, 6.07) is 5.93. The second-order valence-corrected chi connectivity index (χ2v) is 5.82. The summed E-state index contributed by atoms with van der Waals surface area (Å²) < 4.78 is 1.86. The zero-order chi connectivity index (χ0) is 16.9. The van der Waals surface area contributed by atoms with Crippen LogP contribution in [-0.4, -0.2) is 38.0 Å². The highest BCUT2D eigenvalue weighted by molar-refractivity contribution is 6.38. The van der Waals surface area contributed by atoms with Gasteiger partial charge in [-0.05, 0) is 23.3 Å². The first-order valence-electron chi connectivity index (χ1n) is 7.71. The number of aryl methyl sites for hydroxylation is 1. The van der Waals surface area contributed by atoms with E-state index in [1.54, 1.807) is 29.5 Å². The van der Waals surface area contributed by atoms with Crippen LogP contribution in [0, 0.1) is 0 Å². The molecule has 2 aromatic heterocycles. The Labute approximate surface area is 142 Å². The van der Waals surface area contributed by atoms with Crippen LogP contribution < -0.4 is 9.91 Å². The van der Waals surface area contributed by atoms with Crippen LogP contribution in [0.4, 0.5) is 11.4 Å². The van der Waals surface area contributed by atoms with Crippen molar-refractivity contribution in [3.63, 3.8) is 0 Å². The van der Waals surface area contributed by atoms with Crippen molar-refractivity contribution in [2.24, 2.45) is 22.1 Å². The number of aliphatic imine (C=N–C) groups is 2. The summed E-state index contributed by atoms with van der Waals surface area (Å²) >= 11 is 0. The van der Waals surface area contributed by atoms with Crippen LogP contribution in [0.5, 0.6) is 0 Å². The smallest absolute Gasteiger partial charge is 0.287 e. The minimum atomic E-state index is 0.117. The molecule has 0 fully saturated rings. The molecule has 0 radical (unpaired) electrons. The van der Waals surface area contributed by atoms with Crippen molar-refractivity contribution in [1.82, 2.24) is 24.6 Å². The summed E-state index contributed by atoms with van der Waals surface area (Å²) in [7, 11) is 1.87. The Morgan fingerprint density at radius 2 is 2.20 bits per heavy atom. The van der Waals surface area contributed by atoms with Crippen molar-refractivity contribution in [2.45, 2.75) is 0 Å². The number of hydrogen-bond donors (Lipinski definition) is 2. The number of guanidine groups is 1. The molecule has 0 saturated heterocycles. The van der Waals surface area contributed by atoms with Gasteiger partial charge in [-0.15, -0.1) is 0 Å². The van der Waals surface area contributed by atoms with Gasteiger partial charge >= 0.3 is 0 Å². The number of aromatic nitrogens is 4. The summed E-state index contributed by atoms with van der Waals surface area (Å²) in [5.74, 6) is 1.22. The number of quaternary nitrogens is 1. The third-order valence-corrected chi connectivity index (χ3v) is 4.16. The van der Waals surface area contributed by atoms with E-state index >= 15 is 0 Å². The van der Waals surface area contributed by atoms with E-state index in [0.717, 1.165) is 22.3 Å². The van der Waals surface area contributed by atoms with Gasteiger partial charge in [-0.1, -0.05) is 4.59 Å². The fraction of sp³-hybridized carbons (Fsp3) is 0.0625. The maximum atomic E-state index is 4.77. The normalized spacial score (nSPS) is 21.3. The molecule has 4 heterocycles. The Morgan fingerprint density at radius 1 is 1.24 bits per heavy atom. The molecular formula is C16H14N9+. The van der Waals surface area contributed by atoms with E-state index in [9.17, 15) is 0 Å². The monoisotopic (exact) mass is 332 g/mol. The van der Waals surface area contributed by atoms with Crippen molar-refractivity contribution in [3.8, 4) is 0 Å². The van der Waals surface area contributed by atoms with Crippen molar-refractivity contribution >= 4 is 40.3 Å². The van der Waals surface area contributed by atoms with Crippen molar-refractivity contribution < 1.29 is 0 Å². The van der Waals surface area contributed by atoms with E-state index in [1.807, 2.05) is 37.6 Å². The molecule has 0 amide bonds. The minimum absolute atomic E-state index is 0.117. The lowest BCUT2D eigenvalue weighted by Crippen LogP contribution is -2.44. The van der Waals surface area contributed by atoms with E-state index in [4.69, 9.17) is 5.10 Å². The summed E-state index contributed by atoms with van der Waals surface area (Å²) in [6.45, 7) is 0. The Kier molecular flexibility index (Phi) is 2.74. The van der Waals surface area contributed by atoms with Gasteiger partial charge in [0, 0.05) is 18.1 Å².